The number of rotatable bonds is 8. The zero-order valence-electron chi connectivity index (χ0n) is 14.8. The summed E-state index contributed by atoms with van der Waals surface area (Å²) in [4.78, 5) is 16.3. The van der Waals surface area contributed by atoms with Crippen LogP contribution < -0.4 is 11.1 Å². The lowest BCUT2D eigenvalue weighted by Gasteiger charge is -2.05. The minimum atomic E-state index is 0.0166. The normalized spacial score (nSPS) is 10.7. The molecule has 0 spiro atoms. The highest BCUT2D eigenvalue weighted by Crippen LogP contribution is 2.19. The molecule has 0 aliphatic carbocycles. The van der Waals surface area contributed by atoms with Crippen LogP contribution in [0, 0.1) is 0 Å². The number of nitrogens with zero attached hydrogens (tertiary/aromatic N) is 2. The van der Waals surface area contributed by atoms with Crippen molar-refractivity contribution in [2.45, 2.75) is 25.7 Å². The Kier molecular flexibility index (Phi) is 6.44. The lowest BCUT2D eigenvalue weighted by molar-refractivity contribution is -0.121. The number of aryl methyl sites for hydroxylation is 1. The van der Waals surface area contributed by atoms with Gasteiger partial charge in [-0.2, -0.15) is 4.98 Å². The second kappa shape index (κ2) is 9.19. The maximum Gasteiger partial charge on any atom is 0.226 e. The molecule has 0 aliphatic heterocycles. The fourth-order valence-corrected chi connectivity index (χ4v) is 2.72. The molecule has 6 nitrogen and oxygen atoms in total. The van der Waals surface area contributed by atoms with E-state index < -0.39 is 0 Å². The van der Waals surface area contributed by atoms with Crippen molar-refractivity contribution < 1.29 is 9.32 Å². The highest BCUT2D eigenvalue weighted by atomic mass is 35.5. The summed E-state index contributed by atoms with van der Waals surface area (Å²) in [7, 11) is 0. The Labute approximate surface area is 162 Å². The van der Waals surface area contributed by atoms with Gasteiger partial charge in [-0.05, 0) is 54.8 Å². The van der Waals surface area contributed by atoms with Crippen LogP contribution in [-0.2, 0) is 17.6 Å². The lowest BCUT2D eigenvalue weighted by atomic mass is 10.1. The topological polar surface area (TPSA) is 94.0 Å². The molecule has 0 unspecified atom stereocenters. The van der Waals surface area contributed by atoms with Gasteiger partial charge in [0.25, 0.3) is 0 Å². The second-order valence-electron chi connectivity index (χ2n) is 6.21. The molecule has 0 saturated carbocycles. The zero-order chi connectivity index (χ0) is 19.1. The maximum absolute atomic E-state index is 11.9. The van der Waals surface area contributed by atoms with Crippen molar-refractivity contribution in [3.05, 3.63) is 65.0 Å². The SMILES string of the molecule is Nc1ccc(CCNC(=O)CCCc2nc(-c3ccc(Cl)cc3)no2)cc1. The largest absolute Gasteiger partial charge is 0.399 e. The third-order valence-electron chi connectivity index (χ3n) is 4.08. The average Bonchev–Trinajstić information content (AvgIpc) is 3.13. The van der Waals surface area contributed by atoms with E-state index in [1.54, 1.807) is 12.1 Å². The molecule has 0 atom stereocenters. The van der Waals surface area contributed by atoms with Crippen LogP contribution in [0.3, 0.4) is 0 Å². The Bertz CT molecular complexity index is 876. The van der Waals surface area contributed by atoms with E-state index in [4.69, 9.17) is 21.9 Å². The first kappa shape index (κ1) is 18.9. The van der Waals surface area contributed by atoms with Gasteiger partial charge in [-0.3, -0.25) is 4.79 Å². The molecule has 3 rings (SSSR count). The molecule has 3 N–H and O–H groups in total. The van der Waals surface area contributed by atoms with E-state index in [0.717, 1.165) is 23.2 Å². The molecule has 0 fully saturated rings. The molecule has 3 aromatic rings. The number of halogens is 1. The maximum atomic E-state index is 11.9. The van der Waals surface area contributed by atoms with Gasteiger partial charge >= 0.3 is 0 Å². The molecule has 7 heteroatoms. The van der Waals surface area contributed by atoms with Crippen molar-refractivity contribution in [2.24, 2.45) is 0 Å². The Morgan fingerprint density at radius 2 is 1.81 bits per heavy atom. The van der Waals surface area contributed by atoms with Crippen LogP contribution in [0.15, 0.2) is 53.1 Å². The minimum absolute atomic E-state index is 0.0166. The molecule has 140 valence electrons. The van der Waals surface area contributed by atoms with Gasteiger partial charge in [-0.15, -0.1) is 0 Å². The predicted molar refractivity (Wildman–Crippen MR) is 105 cm³/mol. The number of aromatic nitrogens is 2. The number of hydrogen-bond acceptors (Lipinski definition) is 5. The van der Waals surface area contributed by atoms with Crippen LogP contribution in [0.25, 0.3) is 11.4 Å². The van der Waals surface area contributed by atoms with Gasteiger partial charge in [0.15, 0.2) is 0 Å². The van der Waals surface area contributed by atoms with E-state index in [0.29, 0.717) is 42.5 Å². The van der Waals surface area contributed by atoms with E-state index in [2.05, 4.69) is 15.5 Å². The van der Waals surface area contributed by atoms with Crippen molar-refractivity contribution in [1.82, 2.24) is 15.5 Å². The van der Waals surface area contributed by atoms with E-state index in [-0.39, 0.29) is 5.91 Å². The zero-order valence-corrected chi connectivity index (χ0v) is 15.6. The first-order chi connectivity index (χ1) is 13.1. The number of hydrogen-bond donors (Lipinski definition) is 2. The highest BCUT2D eigenvalue weighted by Gasteiger charge is 2.09. The summed E-state index contributed by atoms with van der Waals surface area (Å²) >= 11 is 5.87. The first-order valence-corrected chi connectivity index (χ1v) is 9.17. The average molecular weight is 385 g/mol. The Hall–Kier alpha value is -2.86. The van der Waals surface area contributed by atoms with Crippen molar-refractivity contribution in [3.63, 3.8) is 0 Å². The summed E-state index contributed by atoms with van der Waals surface area (Å²) in [5, 5.41) is 7.54. The Balaban J connectivity index is 1.37. The first-order valence-electron chi connectivity index (χ1n) is 8.80. The fourth-order valence-electron chi connectivity index (χ4n) is 2.59. The van der Waals surface area contributed by atoms with E-state index in [1.165, 1.54) is 0 Å². The summed E-state index contributed by atoms with van der Waals surface area (Å²) in [6.45, 7) is 0.601. The molecule has 0 bridgehead atoms. The third-order valence-corrected chi connectivity index (χ3v) is 4.33. The predicted octanol–water partition coefficient (Wildman–Crippen LogP) is 3.65. The van der Waals surface area contributed by atoms with E-state index in [1.807, 2.05) is 36.4 Å². The molecular weight excluding hydrogens is 364 g/mol. The molecule has 1 aromatic heterocycles. The van der Waals surface area contributed by atoms with Gasteiger partial charge in [0, 0.05) is 35.7 Å². The lowest BCUT2D eigenvalue weighted by Crippen LogP contribution is -2.25. The number of anilines is 1. The van der Waals surface area contributed by atoms with Crippen LogP contribution >= 0.6 is 11.6 Å². The second-order valence-corrected chi connectivity index (χ2v) is 6.65. The van der Waals surface area contributed by atoms with Crippen molar-refractivity contribution in [3.8, 4) is 11.4 Å². The molecule has 0 saturated heterocycles. The van der Waals surface area contributed by atoms with E-state index in [9.17, 15) is 4.79 Å². The molecular formula is C20H21ClN4O2. The van der Waals surface area contributed by atoms with Gasteiger partial charge < -0.3 is 15.6 Å². The van der Waals surface area contributed by atoms with Gasteiger partial charge in [-0.1, -0.05) is 28.9 Å². The summed E-state index contributed by atoms with van der Waals surface area (Å²) < 4.78 is 5.24. The summed E-state index contributed by atoms with van der Waals surface area (Å²) in [6, 6.07) is 14.9. The fraction of sp³-hybridized carbons (Fsp3) is 0.250. The number of amides is 1. The quantitative estimate of drug-likeness (QED) is 0.578. The van der Waals surface area contributed by atoms with Gasteiger partial charge in [-0.25, -0.2) is 0 Å². The molecule has 1 heterocycles. The molecule has 0 radical (unpaired) electrons. The number of benzene rings is 2. The van der Waals surface area contributed by atoms with Crippen LogP contribution in [0.4, 0.5) is 5.69 Å². The van der Waals surface area contributed by atoms with Crippen LogP contribution in [-0.4, -0.2) is 22.6 Å². The Morgan fingerprint density at radius 3 is 2.56 bits per heavy atom. The third kappa shape index (κ3) is 5.82. The highest BCUT2D eigenvalue weighted by molar-refractivity contribution is 6.30. The Morgan fingerprint density at radius 1 is 1.07 bits per heavy atom. The van der Waals surface area contributed by atoms with Crippen molar-refractivity contribution >= 4 is 23.2 Å². The van der Waals surface area contributed by atoms with Crippen LogP contribution in [0.1, 0.15) is 24.3 Å². The van der Waals surface area contributed by atoms with Gasteiger partial charge in [0.2, 0.25) is 17.6 Å². The minimum Gasteiger partial charge on any atom is -0.399 e. The standard InChI is InChI=1S/C20H21ClN4O2/c21-16-8-6-15(7-9-16)20-24-19(27-25-20)3-1-2-18(26)23-13-12-14-4-10-17(22)11-5-14/h4-11H,1-3,12-13,22H2,(H,23,26). The monoisotopic (exact) mass is 384 g/mol. The smallest absolute Gasteiger partial charge is 0.226 e. The number of nitrogens with one attached hydrogen (secondary N) is 1. The number of nitrogens with two attached hydrogens (primary N) is 1. The summed E-state index contributed by atoms with van der Waals surface area (Å²) in [5.41, 5.74) is 8.38. The van der Waals surface area contributed by atoms with Crippen molar-refractivity contribution in [2.75, 3.05) is 12.3 Å². The van der Waals surface area contributed by atoms with Crippen molar-refractivity contribution in [1.29, 1.82) is 0 Å². The van der Waals surface area contributed by atoms with Crippen LogP contribution in [0.5, 0.6) is 0 Å². The van der Waals surface area contributed by atoms with Crippen LogP contribution in [0.2, 0.25) is 5.02 Å². The molecule has 1 amide bonds. The van der Waals surface area contributed by atoms with E-state index >= 15 is 0 Å². The van der Waals surface area contributed by atoms with Gasteiger partial charge in [0.05, 0.1) is 0 Å². The summed E-state index contributed by atoms with van der Waals surface area (Å²) in [5.74, 6) is 1.06. The summed E-state index contributed by atoms with van der Waals surface area (Å²) in [6.07, 6.45) is 2.41. The number of carbonyl (C=O) groups is 1. The molecule has 2 aromatic carbocycles. The number of nitrogen functional groups attached to an aromatic ring is 1. The number of carbonyl (C=O) groups excluding carboxylic acids is 1. The molecule has 0 aliphatic rings. The van der Waals surface area contributed by atoms with Gasteiger partial charge in [0.1, 0.15) is 0 Å². The molecule has 27 heavy (non-hydrogen) atoms.